The molecule has 3 aromatic heterocycles. The summed E-state index contributed by atoms with van der Waals surface area (Å²) in [7, 11) is 0. The van der Waals surface area contributed by atoms with E-state index in [9.17, 15) is 27.6 Å². The smallest absolute Gasteiger partial charge is 0.391 e. The monoisotopic (exact) mass is 553 g/mol. The Kier molecular flexibility index (Phi) is 7.32. The lowest BCUT2D eigenvalue weighted by atomic mass is 10.1. The van der Waals surface area contributed by atoms with E-state index in [4.69, 9.17) is 4.42 Å². The quantitative estimate of drug-likeness (QED) is 0.419. The summed E-state index contributed by atoms with van der Waals surface area (Å²) in [6.45, 7) is 7.35. The van der Waals surface area contributed by atoms with Crippen molar-refractivity contribution in [3.63, 3.8) is 0 Å². The van der Waals surface area contributed by atoms with Gasteiger partial charge in [-0.25, -0.2) is 19.9 Å². The van der Waals surface area contributed by atoms with Gasteiger partial charge in [0.05, 0.1) is 17.0 Å². The number of pyridine rings is 1. The lowest BCUT2D eigenvalue weighted by Crippen LogP contribution is -2.34. The summed E-state index contributed by atoms with van der Waals surface area (Å²) in [5, 5.41) is 10.7. The summed E-state index contributed by atoms with van der Waals surface area (Å²) in [5.41, 5.74) is -2.18. The number of H-pyrrole nitrogens is 1. The molecule has 0 saturated carbocycles. The fraction of sp³-hybridized carbons (Fsp3) is 0.478. The zero-order valence-electron chi connectivity index (χ0n) is 21.0. The molecule has 3 aromatic rings. The molecule has 0 aliphatic carbocycles. The van der Waals surface area contributed by atoms with Gasteiger partial charge in [0, 0.05) is 29.9 Å². The Balaban J connectivity index is 1.77. The van der Waals surface area contributed by atoms with Gasteiger partial charge in [0.1, 0.15) is 11.5 Å². The average Bonchev–Trinajstić information content (AvgIpc) is 3.55. The van der Waals surface area contributed by atoms with Crippen LogP contribution in [-0.4, -0.2) is 55.0 Å². The molecule has 1 aliphatic rings. The fourth-order valence-corrected chi connectivity index (χ4v) is 5.00. The summed E-state index contributed by atoms with van der Waals surface area (Å²) >= 11 is 0.647. The summed E-state index contributed by atoms with van der Waals surface area (Å²) in [6.07, 6.45) is -2.25. The van der Waals surface area contributed by atoms with Crippen molar-refractivity contribution in [1.82, 2.24) is 30.4 Å². The van der Waals surface area contributed by atoms with Crippen molar-refractivity contribution in [3.8, 4) is 10.4 Å². The highest BCUT2D eigenvalue weighted by molar-refractivity contribution is 7.17. The van der Waals surface area contributed by atoms with Gasteiger partial charge in [-0.05, 0) is 46.6 Å². The highest BCUT2D eigenvalue weighted by atomic mass is 32.1. The van der Waals surface area contributed by atoms with Crippen LogP contribution >= 0.6 is 11.3 Å². The number of nitrogens with zero attached hydrogens (tertiary/aromatic N) is 4. The number of likely N-dealkylation sites (tertiary alicyclic amines) is 1. The largest absolute Gasteiger partial charge is 0.434 e. The van der Waals surface area contributed by atoms with Crippen molar-refractivity contribution in [2.24, 2.45) is 0 Å². The minimum atomic E-state index is -4.78. The summed E-state index contributed by atoms with van der Waals surface area (Å²) < 4.78 is 47.4. The van der Waals surface area contributed by atoms with E-state index in [1.165, 1.54) is 4.90 Å². The summed E-state index contributed by atoms with van der Waals surface area (Å²) in [5.74, 6) is -2.24. The van der Waals surface area contributed by atoms with Gasteiger partial charge in [0.2, 0.25) is 5.89 Å². The van der Waals surface area contributed by atoms with Crippen LogP contribution in [0.2, 0.25) is 0 Å². The standard InChI is InChI=1S/C23H26F3N7O4S/c1-11-6-5-7-33(11)20(35)16-17(38-19(29-16)18(34)28-10-15-31-32-21(36)37-15)12-9-27-14(30-22(2,3)4)8-13(12)23(24,25)26/h8-9,11H,5-7,10H2,1-4H3,(H,27,30)(H,28,34)(H,32,36). The molecule has 1 unspecified atom stereocenters. The molecule has 204 valence electrons. The molecule has 4 rings (SSSR count). The molecular formula is C23H26F3N7O4S. The van der Waals surface area contributed by atoms with Crippen LogP contribution in [0.15, 0.2) is 21.5 Å². The van der Waals surface area contributed by atoms with E-state index in [0.717, 1.165) is 25.1 Å². The molecule has 3 N–H and O–H groups in total. The SMILES string of the molecule is CC1CCCN1C(=O)c1nc(C(=O)NCc2n[nH]c(=O)o2)sc1-c1cnc(NC(C)(C)C)cc1C(F)(F)F. The Morgan fingerprint density at radius 2 is 2.03 bits per heavy atom. The Bertz CT molecular complexity index is 1410. The Hall–Kier alpha value is -3.75. The zero-order valence-corrected chi connectivity index (χ0v) is 21.8. The number of carbonyl (C=O) groups excluding carboxylic acids is 2. The number of hydrogen-bond acceptors (Lipinski definition) is 9. The molecule has 2 amide bonds. The first-order valence-corrected chi connectivity index (χ1v) is 12.5. The predicted octanol–water partition coefficient (Wildman–Crippen LogP) is 3.67. The maximum Gasteiger partial charge on any atom is 0.434 e. The Labute approximate surface area is 218 Å². The Morgan fingerprint density at radius 1 is 1.29 bits per heavy atom. The van der Waals surface area contributed by atoms with Crippen LogP contribution in [0.4, 0.5) is 19.0 Å². The summed E-state index contributed by atoms with van der Waals surface area (Å²) in [6, 6.07) is 0.752. The zero-order chi connectivity index (χ0) is 27.8. The second-order valence-electron chi connectivity index (χ2n) is 9.86. The van der Waals surface area contributed by atoms with Gasteiger partial charge in [-0.1, -0.05) is 0 Å². The number of aromatic nitrogens is 4. The lowest BCUT2D eigenvalue weighted by molar-refractivity contribution is -0.137. The minimum absolute atomic E-state index is 0.0117. The molecule has 0 spiro atoms. The van der Waals surface area contributed by atoms with Crippen LogP contribution in [0.25, 0.3) is 10.4 Å². The second kappa shape index (κ2) is 10.2. The van der Waals surface area contributed by atoms with Gasteiger partial charge in [-0.15, -0.1) is 16.4 Å². The van der Waals surface area contributed by atoms with Crippen LogP contribution in [0, 0.1) is 0 Å². The van der Waals surface area contributed by atoms with E-state index >= 15 is 0 Å². The molecule has 0 aromatic carbocycles. The maximum absolute atomic E-state index is 14.2. The van der Waals surface area contributed by atoms with Crippen LogP contribution in [0.3, 0.4) is 0 Å². The molecule has 15 heteroatoms. The van der Waals surface area contributed by atoms with Crippen molar-refractivity contribution < 1.29 is 27.2 Å². The van der Waals surface area contributed by atoms with Crippen molar-refractivity contribution >= 4 is 29.0 Å². The highest BCUT2D eigenvalue weighted by Gasteiger charge is 2.38. The number of thiazole rings is 1. The Morgan fingerprint density at radius 3 is 2.61 bits per heavy atom. The summed E-state index contributed by atoms with van der Waals surface area (Å²) in [4.78, 5) is 47.1. The number of alkyl halides is 3. The highest BCUT2D eigenvalue weighted by Crippen LogP contribution is 2.42. The first kappa shape index (κ1) is 27.3. The molecule has 1 atom stereocenters. The van der Waals surface area contributed by atoms with Gasteiger partial charge >= 0.3 is 11.9 Å². The van der Waals surface area contributed by atoms with Gasteiger partial charge in [-0.3, -0.25) is 9.59 Å². The number of amides is 2. The third-order valence-corrected chi connectivity index (χ3v) is 6.76. The van der Waals surface area contributed by atoms with E-state index in [2.05, 4.69) is 30.8 Å². The first-order valence-electron chi connectivity index (χ1n) is 11.7. The van der Waals surface area contributed by atoms with Crippen LogP contribution < -0.4 is 16.4 Å². The molecular weight excluding hydrogens is 527 g/mol. The molecule has 4 heterocycles. The number of anilines is 1. The molecule has 1 fully saturated rings. The van der Waals surface area contributed by atoms with Crippen LogP contribution in [-0.2, 0) is 12.7 Å². The number of nitrogens with one attached hydrogen (secondary N) is 3. The lowest BCUT2D eigenvalue weighted by Gasteiger charge is -2.23. The number of halogens is 3. The third kappa shape index (κ3) is 6.03. The number of hydrogen-bond donors (Lipinski definition) is 3. The molecule has 11 nitrogen and oxygen atoms in total. The normalized spacial score (nSPS) is 16.1. The van der Waals surface area contributed by atoms with Crippen molar-refractivity contribution in [3.05, 3.63) is 45.0 Å². The minimum Gasteiger partial charge on any atom is -0.391 e. The topological polar surface area (TPSA) is 146 Å². The van der Waals surface area contributed by atoms with Gasteiger partial charge in [0.15, 0.2) is 5.01 Å². The number of rotatable bonds is 6. The van der Waals surface area contributed by atoms with E-state index in [1.54, 1.807) is 20.8 Å². The number of carbonyl (C=O) groups is 2. The van der Waals surface area contributed by atoms with Crippen LogP contribution in [0.1, 0.15) is 72.3 Å². The predicted molar refractivity (Wildman–Crippen MR) is 132 cm³/mol. The second-order valence-corrected chi connectivity index (χ2v) is 10.9. The fourth-order valence-electron chi connectivity index (χ4n) is 4.01. The van der Waals surface area contributed by atoms with Crippen molar-refractivity contribution in [1.29, 1.82) is 0 Å². The van der Waals surface area contributed by atoms with E-state index < -0.39 is 34.8 Å². The average molecular weight is 554 g/mol. The number of aromatic amines is 1. The molecule has 38 heavy (non-hydrogen) atoms. The van der Waals surface area contributed by atoms with Crippen molar-refractivity contribution in [2.45, 2.75) is 64.8 Å². The maximum atomic E-state index is 14.2. The third-order valence-electron chi connectivity index (χ3n) is 5.68. The van der Waals surface area contributed by atoms with Gasteiger partial charge < -0.3 is 20.0 Å². The molecule has 0 bridgehead atoms. The van der Waals surface area contributed by atoms with Gasteiger partial charge in [-0.2, -0.15) is 13.2 Å². The van der Waals surface area contributed by atoms with Gasteiger partial charge in [0.25, 0.3) is 11.8 Å². The molecule has 1 saturated heterocycles. The molecule has 0 radical (unpaired) electrons. The van der Waals surface area contributed by atoms with Crippen LogP contribution in [0.5, 0.6) is 0 Å². The van der Waals surface area contributed by atoms with E-state index in [0.29, 0.717) is 17.9 Å². The van der Waals surface area contributed by atoms with Crippen molar-refractivity contribution in [2.75, 3.05) is 11.9 Å². The molecule has 1 aliphatic heterocycles. The van der Waals surface area contributed by atoms with E-state index in [1.807, 2.05) is 6.92 Å². The first-order chi connectivity index (χ1) is 17.7. The van der Waals surface area contributed by atoms with E-state index in [-0.39, 0.29) is 45.4 Å².